The molecule has 0 unspecified atom stereocenters. The maximum absolute atomic E-state index is 13.5. The van der Waals surface area contributed by atoms with Gasteiger partial charge in [-0.15, -0.1) is 0 Å². The third-order valence-electron chi connectivity index (χ3n) is 8.82. The van der Waals surface area contributed by atoms with E-state index in [9.17, 15) is 19.2 Å². The molecular weight excluding hydrogens is 673 g/mol. The smallest absolute Gasteiger partial charge is 0.407 e. The molecular formula is C36H44N8O6S. The van der Waals surface area contributed by atoms with Crippen LogP contribution in [0.3, 0.4) is 0 Å². The van der Waals surface area contributed by atoms with Gasteiger partial charge in [-0.2, -0.15) is 12.6 Å². The van der Waals surface area contributed by atoms with Gasteiger partial charge < -0.3 is 39.9 Å². The maximum Gasteiger partial charge on any atom is 0.407 e. The number of benzene rings is 2. The number of H-pyrrole nitrogens is 2. The summed E-state index contributed by atoms with van der Waals surface area (Å²) in [6, 6.07) is 15.4. The SMILES string of the molecule is COC(=O)NCC(=O)N(CCS)Cc1ncc(-c2ccc(-c3ccc(-c4cnc([C@@H]5CCCN5C(=O)[C@@H](NC(=O)OC)C(C)C)[nH]4)cc3)cc2)[nH]1. The van der Waals surface area contributed by atoms with Gasteiger partial charge in [0, 0.05) is 18.8 Å². The topological polar surface area (TPSA) is 175 Å². The average Bonchev–Trinajstić information content (AvgIpc) is 3.94. The van der Waals surface area contributed by atoms with E-state index in [4.69, 9.17) is 4.74 Å². The second kappa shape index (κ2) is 17.1. The molecule has 4 N–H and O–H groups in total. The third kappa shape index (κ3) is 9.08. The van der Waals surface area contributed by atoms with Crippen LogP contribution < -0.4 is 10.6 Å². The molecule has 0 saturated carbocycles. The molecule has 2 aromatic heterocycles. The number of carbonyl (C=O) groups is 4. The van der Waals surface area contributed by atoms with Gasteiger partial charge in [-0.25, -0.2) is 19.6 Å². The fourth-order valence-electron chi connectivity index (χ4n) is 6.04. The van der Waals surface area contributed by atoms with Gasteiger partial charge in [0.15, 0.2) is 0 Å². The number of aromatic amines is 2. The minimum absolute atomic E-state index is 0.106. The fraction of sp³-hybridized carbons (Fsp3) is 0.389. The van der Waals surface area contributed by atoms with Crippen LogP contribution in [0.5, 0.6) is 0 Å². The van der Waals surface area contributed by atoms with Crippen molar-refractivity contribution < 1.29 is 28.7 Å². The van der Waals surface area contributed by atoms with E-state index in [0.717, 1.165) is 52.3 Å². The highest BCUT2D eigenvalue weighted by atomic mass is 32.1. The third-order valence-corrected chi connectivity index (χ3v) is 9.02. The van der Waals surface area contributed by atoms with Gasteiger partial charge in [0.1, 0.15) is 24.2 Å². The highest BCUT2D eigenvalue weighted by Crippen LogP contribution is 2.33. The monoisotopic (exact) mass is 716 g/mol. The number of aromatic nitrogens is 4. The second-order valence-electron chi connectivity index (χ2n) is 12.5. The Morgan fingerprint density at radius 1 is 0.902 bits per heavy atom. The first-order valence-electron chi connectivity index (χ1n) is 16.8. The highest BCUT2D eigenvalue weighted by molar-refractivity contribution is 7.80. The summed E-state index contributed by atoms with van der Waals surface area (Å²) in [5.41, 5.74) is 5.66. The Morgan fingerprint density at radius 2 is 1.49 bits per heavy atom. The first-order valence-corrected chi connectivity index (χ1v) is 17.4. The Balaban J connectivity index is 1.22. The minimum Gasteiger partial charge on any atom is -0.453 e. The molecule has 15 heteroatoms. The zero-order valence-electron chi connectivity index (χ0n) is 29.1. The summed E-state index contributed by atoms with van der Waals surface area (Å²) in [5.74, 6) is 1.27. The first kappa shape index (κ1) is 37.0. The number of thiol groups is 1. The van der Waals surface area contributed by atoms with Crippen LogP contribution in [0.2, 0.25) is 0 Å². The van der Waals surface area contributed by atoms with Gasteiger partial charge in [0.2, 0.25) is 11.8 Å². The Morgan fingerprint density at radius 3 is 2.08 bits per heavy atom. The summed E-state index contributed by atoms with van der Waals surface area (Å²) in [5, 5.41) is 5.09. The van der Waals surface area contributed by atoms with Gasteiger partial charge in [-0.3, -0.25) is 9.59 Å². The molecule has 1 aliphatic rings. The average molecular weight is 717 g/mol. The largest absolute Gasteiger partial charge is 0.453 e. The predicted molar refractivity (Wildman–Crippen MR) is 195 cm³/mol. The predicted octanol–water partition coefficient (Wildman–Crippen LogP) is 4.79. The first-order chi connectivity index (χ1) is 24.6. The molecule has 0 aliphatic carbocycles. The van der Waals surface area contributed by atoms with Crippen molar-refractivity contribution in [2.75, 3.05) is 39.6 Å². The zero-order chi connectivity index (χ0) is 36.5. The number of imidazole rings is 2. The van der Waals surface area contributed by atoms with Crippen molar-refractivity contribution >= 4 is 36.6 Å². The van der Waals surface area contributed by atoms with E-state index in [0.29, 0.717) is 24.7 Å². The molecule has 0 spiro atoms. The van der Waals surface area contributed by atoms with Crippen LogP contribution in [0, 0.1) is 5.92 Å². The number of hydrogen-bond donors (Lipinski definition) is 5. The molecule has 3 heterocycles. The molecule has 1 fully saturated rings. The normalized spacial score (nSPS) is 14.6. The van der Waals surface area contributed by atoms with Gasteiger partial charge in [-0.05, 0) is 41.0 Å². The van der Waals surface area contributed by atoms with Crippen molar-refractivity contribution in [3.8, 4) is 33.6 Å². The number of methoxy groups -OCH3 is 2. The summed E-state index contributed by atoms with van der Waals surface area (Å²) in [6.45, 7) is 4.84. The molecule has 5 rings (SSSR count). The second-order valence-corrected chi connectivity index (χ2v) is 13.0. The van der Waals surface area contributed by atoms with E-state index in [1.807, 2.05) is 50.2 Å². The van der Waals surface area contributed by atoms with Crippen LogP contribution in [-0.4, -0.2) is 99.4 Å². The number of nitrogens with one attached hydrogen (secondary N) is 4. The Hall–Kier alpha value is -5.31. The molecule has 4 aromatic rings. The lowest BCUT2D eigenvalue weighted by Crippen LogP contribution is -2.51. The molecule has 14 nitrogen and oxygen atoms in total. The van der Waals surface area contributed by atoms with Crippen molar-refractivity contribution in [1.82, 2.24) is 40.4 Å². The van der Waals surface area contributed by atoms with E-state index in [1.54, 1.807) is 22.2 Å². The molecule has 0 radical (unpaired) electrons. The zero-order valence-corrected chi connectivity index (χ0v) is 30.0. The highest BCUT2D eigenvalue weighted by Gasteiger charge is 2.37. The molecule has 1 saturated heterocycles. The number of likely N-dealkylation sites (tertiary alicyclic amines) is 1. The lowest BCUT2D eigenvalue weighted by Gasteiger charge is -2.30. The summed E-state index contributed by atoms with van der Waals surface area (Å²) in [4.78, 5) is 68.6. The Kier molecular flexibility index (Phi) is 12.4. The molecule has 1 aliphatic heterocycles. The van der Waals surface area contributed by atoms with E-state index in [1.165, 1.54) is 14.2 Å². The molecule has 2 aromatic carbocycles. The Bertz CT molecular complexity index is 1810. The van der Waals surface area contributed by atoms with E-state index < -0.39 is 18.2 Å². The van der Waals surface area contributed by atoms with Crippen LogP contribution in [-0.2, 0) is 25.6 Å². The summed E-state index contributed by atoms with van der Waals surface area (Å²) >= 11 is 4.26. The number of hydrogen-bond acceptors (Lipinski definition) is 9. The number of carbonyl (C=O) groups excluding carboxylic acids is 4. The number of ether oxygens (including phenoxy) is 2. The maximum atomic E-state index is 13.5. The number of rotatable bonds is 13. The van der Waals surface area contributed by atoms with Crippen LogP contribution in [0.15, 0.2) is 60.9 Å². The number of alkyl carbamates (subject to hydrolysis) is 2. The van der Waals surface area contributed by atoms with Gasteiger partial charge in [0.05, 0.1) is 50.6 Å². The van der Waals surface area contributed by atoms with Crippen molar-refractivity contribution in [3.05, 3.63) is 72.6 Å². The summed E-state index contributed by atoms with van der Waals surface area (Å²) in [7, 11) is 2.53. The fourth-order valence-corrected chi connectivity index (χ4v) is 6.29. The lowest BCUT2D eigenvalue weighted by molar-refractivity contribution is -0.135. The minimum atomic E-state index is -0.689. The van der Waals surface area contributed by atoms with E-state index in [2.05, 4.69) is 60.1 Å². The number of amides is 4. The lowest BCUT2D eigenvalue weighted by atomic mass is 10.0. The summed E-state index contributed by atoms with van der Waals surface area (Å²) < 4.78 is 9.28. The van der Waals surface area contributed by atoms with Crippen molar-refractivity contribution in [3.63, 3.8) is 0 Å². The molecule has 4 amide bonds. The van der Waals surface area contributed by atoms with Gasteiger partial charge in [0.25, 0.3) is 0 Å². The quantitative estimate of drug-likeness (QED) is 0.123. The van der Waals surface area contributed by atoms with Crippen molar-refractivity contribution in [1.29, 1.82) is 0 Å². The van der Waals surface area contributed by atoms with Crippen molar-refractivity contribution in [2.45, 2.75) is 45.3 Å². The summed E-state index contributed by atoms with van der Waals surface area (Å²) in [6.07, 6.45) is 3.85. The van der Waals surface area contributed by atoms with Crippen molar-refractivity contribution in [2.24, 2.45) is 5.92 Å². The van der Waals surface area contributed by atoms with Gasteiger partial charge in [-0.1, -0.05) is 62.4 Å². The molecule has 270 valence electrons. The molecule has 0 bridgehead atoms. The van der Waals surface area contributed by atoms with Crippen LogP contribution in [0.1, 0.15) is 44.4 Å². The molecule has 2 atom stereocenters. The van der Waals surface area contributed by atoms with E-state index >= 15 is 0 Å². The number of nitrogens with zero attached hydrogens (tertiary/aromatic N) is 4. The Labute approximate surface area is 302 Å². The standard InChI is InChI=1S/C36H44N8O6S/c1-22(2)32(42-36(48)50-4)34(46)44-15-5-6-29(44)33-38-19-28(41-33)26-13-9-24(10-14-26)23-7-11-25(12-8-23)27-18-37-30(40-27)21-43(16-17-51)31(45)20-39-35(47)49-3/h7-14,18-19,22,29,32,51H,5-6,15-17,20-21H2,1-4H3,(H,37,40)(H,38,41)(H,39,47)(H,42,48)/t29-,32-/m0/s1. The van der Waals surface area contributed by atoms with Crippen LogP contribution in [0.25, 0.3) is 33.6 Å². The molecule has 51 heavy (non-hydrogen) atoms. The van der Waals surface area contributed by atoms with Crippen LogP contribution >= 0.6 is 12.6 Å². The van der Waals surface area contributed by atoms with Crippen LogP contribution in [0.4, 0.5) is 9.59 Å². The van der Waals surface area contributed by atoms with Gasteiger partial charge >= 0.3 is 12.2 Å². The van der Waals surface area contributed by atoms with E-state index in [-0.39, 0.29) is 36.9 Å².